The smallest absolute Gasteiger partial charge is 0.267 e. The highest BCUT2D eigenvalue weighted by molar-refractivity contribution is 6.01. The number of anilines is 1. The molecule has 3 aliphatic rings. The number of hydrogen-bond donors (Lipinski definition) is 0. The second kappa shape index (κ2) is 9.96. The van der Waals surface area contributed by atoms with Crippen LogP contribution in [0.25, 0.3) is 0 Å². The summed E-state index contributed by atoms with van der Waals surface area (Å²) < 4.78 is 22.2. The van der Waals surface area contributed by atoms with E-state index in [4.69, 9.17) is 18.9 Å². The van der Waals surface area contributed by atoms with Crippen molar-refractivity contribution in [3.05, 3.63) is 42.5 Å². The maximum absolute atomic E-state index is 13.2. The zero-order valence-corrected chi connectivity index (χ0v) is 20.3. The minimum absolute atomic E-state index is 0.0726. The van der Waals surface area contributed by atoms with Crippen LogP contribution in [0.15, 0.2) is 42.5 Å². The molecule has 3 heterocycles. The average molecular weight is 496 g/mol. The van der Waals surface area contributed by atoms with Gasteiger partial charge >= 0.3 is 0 Å². The SMILES string of the molecule is COc1ccc(N2C[C@H](C(=O)N3CCN(C(=O)[C@@H]4COc5ccccc5O4)CC3)CC2=O)c(OC)c1. The highest BCUT2D eigenvalue weighted by atomic mass is 16.6. The van der Waals surface area contributed by atoms with Crippen molar-refractivity contribution < 1.29 is 33.3 Å². The van der Waals surface area contributed by atoms with Gasteiger partial charge in [-0.25, -0.2) is 0 Å². The number of nitrogens with zero attached hydrogens (tertiary/aromatic N) is 3. The number of benzene rings is 2. The molecule has 10 nitrogen and oxygen atoms in total. The first-order valence-electron chi connectivity index (χ1n) is 12.0. The van der Waals surface area contributed by atoms with Crippen LogP contribution in [0.4, 0.5) is 5.69 Å². The molecule has 3 aliphatic heterocycles. The Bertz CT molecular complexity index is 1160. The molecule has 36 heavy (non-hydrogen) atoms. The molecule has 3 amide bonds. The Hall–Kier alpha value is -3.95. The number of fused-ring (bicyclic) bond motifs is 1. The van der Waals surface area contributed by atoms with E-state index in [-0.39, 0.29) is 37.3 Å². The van der Waals surface area contributed by atoms with Gasteiger partial charge in [-0.2, -0.15) is 0 Å². The number of carbonyl (C=O) groups excluding carboxylic acids is 3. The minimum Gasteiger partial charge on any atom is -0.497 e. The molecule has 2 saturated heterocycles. The number of ether oxygens (including phenoxy) is 4. The number of hydrogen-bond acceptors (Lipinski definition) is 7. The van der Waals surface area contributed by atoms with E-state index in [1.165, 1.54) is 7.11 Å². The van der Waals surface area contributed by atoms with Gasteiger partial charge in [0.25, 0.3) is 5.91 Å². The van der Waals surface area contributed by atoms with Crippen molar-refractivity contribution in [3.63, 3.8) is 0 Å². The molecule has 0 spiro atoms. The third-order valence-electron chi connectivity index (χ3n) is 6.84. The van der Waals surface area contributed by atoms with E-state index in [1.54, 1.807) is 52.1 Å². The molecule has 0 aromatic heterocycles. The molecule has 2 aromatic carbocycles. The molecule has 0 bridgehead atoms. The lowest BCUT2D eigenvalue weighted by atomic mass is 10.1. The van der Waals surface area contributed by atoms with Crippen LogP contribution in [0, 0.1) is 5.92 Å². The Kier molecular flexibility index (Phi) is 6.58. The first-order valence-corrected chi connectivity index (χ1v) is 12.0. The van der Waals surface area contributed by atoms with Gasteiger partial charge in [0, 0.05) is 45.2 Å². The molecule has 0 N–H and O–H groups in total. The third kappa shape index (κ3) is 4.50. The second-order valence-electron chi connectivity index (χ2n) is 8.96. The fourth-order valence-electron chi connectivity index (χ4n) is 4.86. The summed E-state index contributed by atoms with van der Waals surface area (Å²) in [5, 5.41) is 0. The van der Waals surface area contributed by atoms with E-state index in [0.29, 0.717) is 54.9 Å². The van der Waals surface area contributed by atoms with Gasteiger partial charge in [0.05, 0.1) is 25.8 Å². The van der Waals surface area contributed by atoms with Crippen molar-refractivity contribution in [2.24, 2.45) is 5.92 Å². The quantitative estimate of drug-likeness (QED) is 0.621. The Balaban J connectivity index is 1.17. The molecule has 2 atom stereocenters. The summed E-state index contributed by atoms with van der Waals surface area (Å²) in [5.74, 6) is 1.53. The fraction of sp³-hybridized carbons (Fsp3) is 0.423. The topological polar surface area (TPSA) is 97.9 Å². The van der Waals surface area contributed by atoms with Crippen LogP contribution in [0.5, 0.6) is 23.0 Å². The zero-order chi connectivity index (χ0) is 25.2. The summed E-state index contributed by atoms with van der Waals surface area (Å²) in [4.78, 5) is 44.1. The van der Waals surface area contributed by atoms with Crippen molar-refractivity contribution in [1.29, 1.82) is 0 Å². The predicted octanol–water partition coefficient (Wildman–Crippen LogP) is 1.57. The summed E-state index contributed by atoms with van der Waals surface area (Å²) >= 11 is 0. The summed E-state index contributed by atoms with van der Waals surface area (Å²) in [6.07, 6.45) is -0.567. The highest BCUT2D eigenvalue weighted by Gasteiger charge is 2.40. The number of para-hydroxylation sites is 2. The van der Waals surface area contributed by atoms with Gasteiger partial charge in [0.1, 0.15) is 18.1 Å². The molecule has 0 unspecified atom stereocenters. The lowest BCUT2D eigenvalue weighted by molar-refractivity contribution is -0.147. The van der Waals surface area contributed by atoms with E-state index in [9.17, 15) is 14.4 Å². The lowest BCUT2D eigenvalue weighted by Crippen LogP contribution is -2.56. The Morgan fingerprint density at radius 2 is 1.61 bits per heavy atom. The van der Waals surface area contributed by atoms with E-state index >= 15 is 0 Å². The van der Waals surface area contributed by atoms with Gasteiger partial charge in [0.2, 0.25) is 17.9 Å². The van der Waals surface area contributed by atoms with Crippen molar-refractivity contribution in [3.8, 4) is 23.0 Å². The summed E-state index contributed by atoms with van der Waals surface area (Å²) in [6, 6.07) is 12.5. The summed E-state index contributed by atoms with van der Waals surface area (Å²) in [5.41, 5.74) is 0.616. The van der Waals surface area contributed by atoms with Crippen LogP contribution in [0.3, 0.4) is 0 Å². The molecule has 0 radical (unpaired) electrons. The number of rotatable bonds is 5. The van der Waals surface area contributed by atoms with Crippen molar-refractivity contribution in [2.45, 2.75) is 12.5 Å². The van der Waals surface area contributed by atoms with Crippen LogP contribution in [-0.2, 0) is 14.4 Å². The second-order valence-corrected chi connectivity index (χ2v) is 8.96. The molecular weight excluding hydrogens is 466 g/mol. The van der Waals surface area contributed by atoms with Crippen LogP contribution in [-0.4, -0.2) is 87.2 Å². The number of carbonyl (C=O) groups is 3. The van der Waals surface area contributed by atoms with Gasteiger partial charge in [-0.1, -0.05) is 12.1 Å². The van der Waals surface area contributed by atoms with Crippen LogP contribution in [0.2, 0.25) is 0 Å². The van der Waals surface area contributed by atoms with Crippen LogP contribution >= 0.6 is 0 Å². The van der Waals surface area contributed by atoms with Gasteiger partial charge < -0.3 is 33.6 Å². The van der Waals surface area contributed by atoms with Gasteiger partial charge in [-0.3, -0.25) is 14.4 Å². The lowest BCUT2D eigenvalue weighted by Gasteiger charge is -2.38. The molecule has 0 saturated carbocycles. The van der Waals surface area contributed by atoms with Crippen LogP contribution < -0.4 is 23.8 Å². The first kappa shape index (κ1) is 23.8. The monoisotopic (exact) mass is 495 g/mol. The number of piperazine rings is 1. The van der Waals surface area contributed by atoms with E-state index < -0.39 is 12.0 Å². The maximum Gasteiger partial charge on any atom is 0.267 e. The zero-order valence-electron chi connectivity index (χ0n) is 20.3. The molecule has 0 aliphatic carbocycles. The third-order valence-corrected chi connectivity index (χ3v) is 6.84. The normalized spacial score (nSPS) is 21.4. The Morgan fingerprint density at radius 1 is 0.917 bits per heavy atom. The van der Waals surface area contributed by atoms with Crippen molar-refractivity contribution in [1.82, 2.24) is 9.80 Å². The van der Waals surface area contributed by atoms with E-state index in [1.807, 2.05) is 12.1 Å². The van der Waals surface area contributed by atoms with Crippen molar-refractivity contribution in [2.75, 3.05) is 58.5 Å². The van der Waals surface area contributed by atoms with Crippen molar-refractivity contribution >= 4 is 23.4 Å². The largest absolute Gasteiger partial charge is 0.497 e. The number of methoxy groups -OCH3 is 2. The fourth-order valence-corrected chi connectivity index (χ4v) is 4.86. The Morgan fingerprint density at radius 3 is 2.31 bits per heavy atom. The maximum atomic E-state index is 13.2. The van der Waals surface area contributed by atoms with Gasteiger partial charge in [0.15, 0.2) is 11.5 Å². The summed E-state index contributed by atoms with van der Waals surface area (Å²) in [7, 11) is 3.10. The predicted molar refractivity (Wildman–Crippen MR) is 130 cm³/mol. The molecule has 2 fully saturated rings. The van der Waals surface area contributed by atoms with E-state index in [2.05, 4.69) is 0 Å². The number of amides is 3. The Labute approximate surface area is 209 Å². The van der Waals surface area contributed by atoms with E-state index in [0.717, 1.165) is 0 Å². The average Bonchev–Trinajstić information content (AvgIpc) is 3.32. The first-order chi connectivity index (χ1) is 17.5. The molecule has 190 valence electrons. The minimum atomic E-state index is -0.706. The molecular formula is C26H29N3O7. The van der Waals surface area contributed by atoms with Crippen LogP contribution in [0.1, 0.15) is 6.42 Å². The van der Waals surface area contributed by atoms with Gasteiger partial charge in [-0.15, -0.1) is 0 Å². The van der Waals surface area contributed by atoms with Gasteiger partial charge in [-0.05, 0) is 24.3 Å². The molecule has 2 aromatic rings. The summed E-state index contributed by atoms with van der Waals surface area (Å²) in [6.45, 7) is 2.07. The standard InChI is InChI=1S/C26H29N3O7/c1-33-18-7-8-19(22(14-18)34-2)29-15-17(13-24(29)30)25(31)27-9-11-28(12-10-27)26(32)23-16-35-20-5-3-4-6-21(20)36-23/h3-8,14,17,23H,9-13,15-16H2,1-2H3/t17-,23+/m1/s1. The highest BCUT2D eigenvalue weighted by Crippen LogP contribution is 2.36. The molecule has 10 heteroatoms. The molecule has 5 rings (SSSR count).